The van der Waals surface area contributed by atoms with E-state index in [1.54, 1.807) is 0 Å². The number of anilines is 2. The van der Waals surface area contributed by atoms with Crippen LogP contribution in [0.1, 0.15) is 28.7 Å². The summed E-state index contributed by atoms with van der Waals surface area (Å²) in [5.74, 6) is 1.05. The first-order valence-electron chi connectivity index (χ1n) is 8.95. The van der Waals surface area contributed by atoms with Crippen molar-refractivity contribution in [3.8, 4) is 6.07 Å². The van der Waals surface area contributed by atoms with Crippen molar-refractivity contribution in [3.05, 3.63) is 70.8 Å². The Morgan fingerprint density at radius 3 is 2.62 bits per heavy atom. The molecule has 0 unspecified atom stereocenters. The number of fused-ring (bicyclic) bond motifs is 4. The van der Waals surface area contributed by atoms with E-state index in [0.29, 0.717) is 0 Å². The molecule has 26 heavy (non-hydrogen) atoms. The summed E-state index contributed by atoms with van der Waals surface area (Å²) in [6, 6.07) is 18.9. The van der Waals surface area contributed by atoms with E-state index in [0.717, 1.165) is 58.6 Å². The molecule has 2 aromatic heterocycles. The summed E-state index contributed by atoms with van der Waals surface area (Å²) in [5.41, 5.74) is 8.12. The van der Waals surface area contributed by atoms with Crippen LogP contribution in [0, 0.1) is 18.3 Å². The van der Waals surface area contributed by atoms with Gasteiger partial charge in [0, 0.05) is 5.69 Å². The number of hydrogen-bond donors (Lipinski definition) is 1. The van der Waals surface area contributed by atoms with Crippen molar-refractivity contribution in [2.45, 2.75) is 26.2 Å². The number of pyridine rings is 1. The number of aromatic nitrogens is 2. The second-order valence-corrected chi connectivity index (χ2v) is 6.90. The van der Waals surface area contributed by atoms with Crippen molar-refractivity contribution in [2.75, 3.05) is 5.32 Å². The molecule has 5 rings (SSSR count). The third-order valence-electron chi connectivity index (χ3n) is 5.24. The average molecular weight is 338 g/mol. The van der Waals surface area contributed by atoms with Gasteiger partial charge in [-0.2, -0.15) is 5.26 Å². The molecule has 0 saturated heterocycles. The van der Waals surface area contributed by atoms with E-state index in [1.165, 1.54) is 11.1 Å². The van der Waals surface area contributed by atoms with Gasteiger partial charge in [0.15, 0.2) is 5.65 Å². The molecule has 126 valence electrons. The molecule has 0 fully saturated rings. The maximum Gasteiger partial charge on any atom is 0.157 e. The third-order valence-corrected chi connectivity index (χ3v) is 5.24. The van der Waals surface area contributed by atoms with Crippen LogP contribution in [0.3, 0.4) is 0 Å². The number of imidazole rings is 1. The molecule has 2 heterocycles. The smallest absolute Gasteiger partial charge is 0.157 e. The van der Waals surface area contributed by atoms with Crippen LogP contribution in [0.2, 0.25) is 0 Å². The molecule has 0 bridgehead atoms. The lowest BCUT2D eigenvalue weighted by Crippen LogP contribution is -2.06. The quantitative estimate of drug-likeness (QED) is 0.565. The first-order valence-corrected chi connectivity index (χ1v) is 8.95. The molecule has 4 nitrogen and oxygen atoms in total. The average Bonchev–Trinajstić information content (AvgIpc) is 3.28. The van der Waals surface area contributed by atoms with Gasteiger partial charge in [-0.05, 0) is 61.6 Å². The molecule has 1 N–H and O–H groups in total. The summed E-state index contributed by atoms with van der Waals surface area (Å²) in [4.78, 5) is 4.78. The minimum atomic E-state index is 0.725. The van der Waals surface area contributed by atoms with Crippen LogP contribution in [-0.4, -0.2) is 9.38 Å². The largest absolute Gasteiger partial charge is 0.341 e. The Labute approximate surface area is 151 Å². The van der Waals surface area contributed by atoms with E-state index >= 15 is 0 Å². The van der Waals surface area contributed by atoms with Gasteiger partial charge in [-0.15, -0.1) is 0 Å². The Balaban J connectivity index is 1.86. The van der Waals surface area contributed by atoms with Gasteiger partial charge >= 0.3 is 0 Å². The van der Waals surface area contributed by atoms with Crippen molar-refractivity contribution in [2.24, 2.45) is 0 Å². The lowest BCUT2D eigenvalue weighted by molar-refractivity contribution is 0.910. The molecule has 2 aromatic carbocycles. The fraction of sp³-hybridized carbons (Fsp3) is 0.182. The highest BCUT2D eigenvalue weighted by molar-refractivity contribution is 5.87. The van der Waals surface area contributed by atoms with Gasteiger partial charge in [0.05, 0.1) is 16.6 Å². The predicted octanol–water partition coefficient (Wildman–Crippen LogP) is 4.90. The van der Waals surface area contributed by atoms with E-state index in [4.69, 9.17) is 4.98 Å². The van der Waals surface area contributed by atoms with E-state index in [9.17, 15) is 5.26 Å². The first kappa shape index (κ1) is 15.0. The number of nitrogens with one attached hydrogen (secondary N) is 1. The van der Waals surface area contributed by atoms with Crippen molar-refractivity contribution in [3.63, 3.8) is 0 Å². The van der Waals surface area contributed by atoms with Gasteiger partial charge in [-0.1, -0.05) is 29.8 Å². The maximum atomic E-state index is 9.81. The fourth-order valence-corrected chi connectivity index (χ4v) is 3.99. The SMILES string of the molecule is Cc1ccc(Nc2c3c(c(C#N)c4nc5ccccc5n24)CCC3)cc1. The van der Waals surface area contributed by atoms with Crippen molar-refractivity contribution in [1.29, 1.82) is 5.26 Å². The molecule has 0 radical (unpaired) electrons. The molecule has 1 aliphatic carbocycles. The zero-order valence-electron chi connectivity index (χ0n) is 14.6. The van der Waals surface area contributed by atoms with Crippen molar-refractivity contribution in [1.82, 2.24) is 9.38 Å². The summed E-state index contributed by atoms with van der Waals surface area (Å²) in [6.45, 7) is 2.09. The molecule has 0 aliphatic heterocycles. The number of benzene rings is 2. The highest BCUT2D eigenvalue weighted by Gasteiger charge is 2.25. The van der Waals surface area contributed by atoms with Crippen molar-refractivity contribution < 1.29 is 0 Å². The topological polar surface area (TPSA) is 53.1 Å². The second kappa shape index (κ2) is 5.60. The maximum absolute atomic E-state index is 9.81. The second-order valence-electron chi connectivity index (χ2n) is 6.90. The summed E-state index contributed by atoms with van der Waals surface area (Å²) < 4.78 is 2.12. The van der Waals surface area contributed by atoms with E-state index in [1.807, 2.05) is 18.2 Å². The number of hydrogen-bond acceptors (Lipinski definition) is 3. The highest BCUT2D eigenvalue weighted by Crippen LogP contribution is 2.37. The van der Waals surface area contributed by atoms with E-state index in [2.05, 4.69) is 53.0 Å². The summed E-state index contributed by atoms with van der Waals surface area (Å²) in [7, 11) is 0. The summed E-state index contributed by atoms with van der Waals surface area (Å²) in [5, 5.41) is 13.4. The Morgan fingerprint density at radius 2 is 1.81 bits per heavy atom. The van der Waals surface area contributed by atoms with E-state index < -0.39 is 0 Å². The minimum absolute atomic E-state index is 0.725. The number of rotatable bonds is 2. The van der Waals surface area contributed by atoms with E-state index in [-0.39, 0.29) is 0 Å². The molecule has 0 atom stereocenters. The predicted molar refractivity (Wildman–Crippen MR) is 104 cm³/mol. The number of para-hydroxylation sites is 2. The third kappa shape index (κ3) is 2.11. The Bertz CT molecular complexity index is 1190. The van der Waals surface area contributed by atoms with Crippen LogP contribution < -0.4 is 5.32 Å². The minimum Gasteiger partial charge on any atom is -0.341 e. The van der Waals surface area contributed by atoms with Gasteiger partial charge in [-0.25, -0.2) is 4.98 Å². The van der Waals surface area contributed by atoms with Gasteiger partial charge in [-0.3, -0.25) is 4.40 Å². The van der Waals surface area contributed by atoms with Crippen LogP contribution in [0.4, 0.5) is 11.5 Å². The molecular formula is C22H18N4. The van der Waals surface area contributed by atoms with Crippen LogP contribution in [0.5, 0.6) is 0 Å². The summed E-state index contributed by atoms with van der Waals surface area (Å²) in [6.07, 6.45) is 3.01. The van der Waals surface area contributed by atoms with Gasteiger partial charge < -0.3 is 5.32 Å². The van der Waals surface area contributed by atoms with Crippen LogP contribution in [0.15, 0.2) is 48.5 Å². The van der Waals surface area contributed by atoms with Gasteiger partial charge in [0.1, 0.15) is 11.9 Å². The monoisotopic (exact) mass is 338 g/mol. The number of nitriles is 1. The Hall–Kier alpha value is -3.32. The summed E-state index contributed by atoms with van der Waals surface area (Å²) >= 11 is 0. The Kier molecular flexibility index (Phi) is 3.23. The van der Waals surface area contributed by atoms with Crippen LogP contribution in [-0.2, 0) is 12.8 Å². The molecule has 0 saturated carbocycles. The zero-order chi connectivity index (χ0) is 17.7. The highest BCUT2D eigenvalue weighted by atomic mass is 15.1. The molecule has 0 spiro atoms. The lowest BCUT2D eigenvalue weighted by atomic mass is 10.1. The lowest BCUT2D eigenvalue weighted by Gasteiger charge is -2.16. The Morgan fingerprint density at radius 1 is 1.04 bits per heavy atom. The standard InChI is InChI=1S/C22H18N4/c1-14-9-11-15(12-10-14)24-21-17-6-4-5-16(17)18(13-23)22-25-19-7-2-3-8-20(19)26(21)22/h2-3,7-12,24H,4-6H2,1H3. The van der Waals surface area contributed by atoms with Gasteiger partial charge in [0.2, 0.25) is 0 Å². The molecule has 4 heteroatoms. The first-order chi connectivity index (χ1) is 12.8. The normalized spacial score (nSPS) is 13.1. The fourth-order valence-electron chi connectivity index (χ4n) is 3.99. The molecule has 0 amide bonds. The zero-order valence-corrected chi connectivity index (χ0v) is 14.6. The molecule has 4 aromatic rings. The number of nitrogens with zero attached hydrogens (tertiary/aromatic N) is 3. The van der Waals surface area contributed by atoms with Crippen molar-refractivity contribution >= 4 is 28.2 Å². The molecule has 1 aliphatic rings. The number of aryl methyl sites for hydroxylation is 1. The van der Waals surface area contributed by atoms with Crippen LogP contribution >= 0.6 is 0 Å². The van der Waals surface area contributed by atoms with Gasteiger partial charge in [0.25, 0.3) is 0 Å². The molecular weight excluding hydrogens is 320 g/mol. The van der Waals surface area contributed by atoms with Crippen LogP contribution in [0.25, 0.3) is 16.7 Å².